The molecule has 1 N–H and O–H groups in total. The van der Waals surface area contributed by atoms with Crippen molar-refractivity contribution >= 4 is 0 Å². The van der Waals surface area contributed by atoms with Gasteiger partial charge in [0.25, 0.3) is 0 Å². The van der Waals surface area contributed by atoms with E-state index in [0.29, 0.717) is 6.04 Å². The summed E-state index contributed by atoms with van der Waals surface area (Å²) < 4.78 is 0. The smallest absolute Gasteiger partial charge is 0.00103 e. The van der Waals surface area contributed by atoms with E-state index in [-0.39, 0.29) is 5.41 Å². The first kappa shape index (κ1) is 15.2. The van der Waals surface area contributed by atoms with Crippen molar-refractivity contribution in [3.05, 3.63) is 35.4 Å². The Kier molecular flexibility index (Phi) is 5.87. The van der Waals surface area contributed by atoms with Gasteiger partial charge in [0.15, 0.2) is 0 Å². The third-order valence-corrected chi connectivity index (χ3v) is 3.55. The molecule has 0 spiro atoms. The molecule has 0 amide bonds. The fourth-order valence-electron chi connectivity index (χ4n) is 2.25. The third kappa shape index (κ3) is 4.81. The molecule has 0 fully saturated rings. The highest BCUT2D eigenvalue weighted by molar-refractivity contribution is 5.29. The van der Waals surface area contributed by atoms with E-state index in [0.717, 1.165) is 6.54 Å². The zero-order valence-corrected chi connectivity index (χ0v) is 12.7. The van der Waals surface area contributed by atoms with Crippen molar-refractivity contribution < 1.29 is 0 Å². The summed E-state index contributed by atoms with van der Waals surface area (Å²) in [4.78, 5) is 0. The molecule has 0 aliphatic heterocycles. The van der Waals surface area contributed by atoms with Gasteiger partial charge in [-0.25, -0.2) is 0 Å². The number of hydrogen-bond acceptors (Lipinski definition) is 1. The molecular weight excluding hydrogens is 218 g/mol. The lowest BCUT2D eigenvalue weighted by molar-refractivity contribution is 0.441. The van der Waals surface area contributed by atoms with Gasteiger partial charge in [-0.2, -0.15) is 0 Å². The Hall–Kier alpha value is -0.820. The van der Waals surface area contributed by atoms with Crippen molar-refractivity contribution in [2.75, 3.05) is 6.54 Å². The average molecular weight is 247 g/mol. The van der Waals surface area contributed by atoms with E-state index in [2.05, 4.69) is 64.2 Å². The highest BCUT2D eigenvalue weighted by atomic mass is 14.9. The van der Waals surface area contributed by atoms with Crippen LogP contribution in [0.1, 0.15) is 58.6 Å². The molecule has 1 heteroatoms. The van der Waals surface area contributed by atoms with Gasteiger partial charge in [0, 0.05) is 6.04 Å². The Bertz CT molecular complexity index is 352. The largest absolute Gasteiger partial charge is 0.315 e. The first-order chi connectivity index (χ1) is 8.45. The number of benzene rings is 1. The Morgan fingerprint density at radius 3 is 2.56 bits per heavy atom. The Morgan fingerprint density at radius 1 is 1.22 bits per heavy atom. The topological polar surface area (TPSA) is 12.0 Å². The maximum atomic E-state index is 3.51. The second kappa shape index (κ2) is 6.94. The number of rotatable bonds is 7. The average Bonchev–Trinajstić information content (AvgIpc) is 2.29. The Balaban J connectivity index is 2.67. The minimum absolute atomic E-state index is 0.256. The minimum atomic E-state index is 0.256. The van der Waals surface area contributed by atoms with E-state index in [1.165, 1.54) is 30.4 Å². The molecule has 0 saturated carbocycles. The summed E-state index contributed by atoms with van der Waals surface area (Å²) >= 11 is 0. The van der Waals surface area contributed by atoms with Crippen LogP contribution in [-0.4, -0.2) is 12.6 Å². The van der Waals surface area contributed by atoms with Gasteiger partial charge < -0.3 is 5.32 Å². The molecular formula is C17H29N. The Morgan fingerprint density at radius 2 is 1.94 bits per heavy atom. The maximum absolute atomic E-state index is 3.51. The SMILES string of the molecule is CCCc1cccc(C(C)(C)CCNC(C)C)c1. The van der Waals surface area contributed by atoms with Gasteiger partial charge in [0.2, 0.25) is 0 Å². The normalized spacial score (nSPS) is 12.1. The molecule has 0 bridgehead atoms. The van der Waals surface area contributed by atoms with Crippen LogP contribution < -0.4 is 5.32 Å². The van der Waals surface area contributed by atoms with E-state index in [9.17, 15) is 0 Å². The molecule has 0 saturated heterocycles. The summed E-state index contributed by atoms with van der Waals surface area (Å²) in [5.74, 6) is 0. The fraction of sp³-hybridized carbons (Fsp3) is 0.647. The van der Waals surface area contributed by atoms with E-state index >= 15 is 0 Å². The molecule has 0 heterocycles. The van der Waals surface area contributed by atoms with E-state index in [1.54, 1.807) is 0 Å². The standard InChI is InChI=1S/C17H29N/c1-6-8-15-9-7-10-16(13-15)17(4,5)11-12-18-14(2)3/h7,9-10,13-14,18H,6,8,11-12H2,1-5H3. The van der Waals surface area contributed by atoms with E-state index in [1.807, 2.05) is 0 Å². The zero-order chi connectivity index (χ0) is 13.6. The van der Waals surface area contributed by atoms with Crippen LogP contribution in [0.2, 0.25) is 0 Å². The molecule has 102 valence electrons. The number of nitrogens with one attached hydrogen (secondary N) is 1. The highest BCUT2D eigenvalue weighted by Crippen LogP contribution is 2.27. The fourth-order valence-corrected chi connectivity index (χ4v) is 2.25. The molecule has 0 aromatic heterocycles. The van der Waals surface area contributed by atoms with E-state index in [4.69, 9.17) is 0 Å². The second-order valence-corrected chi connectivity index (χ2v) is 6.19. The van der Waals surface area contributed by atoms with Crippen LogP contribution >= 0.6 is 0 Å². The maximum Gasteiger partial charge on any atom is 0.00103 e. The second-order valence-electron chi connectivity index (χ2n) is 6.19. The summed E-state index contributed by atoms with van der Waals surface area (Å²) in [6.07, 6.45) is 3.59. The van der Waals surface area contributed by atoms with Crippen LogP contribution in [0.4, 0.5) is 0 Å². The van der Waals surface area contributed by atoms with Crippen molar-refractivity contribution in [1.29, 1.82) is 0 Å². The van der Waals surface area contributed by atoms with Gasteiger partial charge in [-0.05, 0) is 35.9 Å². The van der Waals surface area contributed by atoms with Crippen LogP contribution in [-0.2, 0) is 11.8 Å². The van der Waals surface area contributed by atoms with Crippen LogP contribution in [0, 0.1) is 0 Å². The first-order valence-electron chi connectivity index (χ1n) is 7.28. The van der Waals surface area contributed by atoms with Crippen LogP contribution in [0.5, 0.6) is 0 Å². The number of hydrogen-bond donors (Lipinski definition) is 1. The lowest BCUT2D eigenvalue weighted by Crippen LogP contribution is -2.29. The summed E-state index contributed by atoms with van der Waals surface area (Å²) in [5, 5.41) is 3.51. The summed E-state index contributed by atoms with van der Waals surface area (Å²) in [6, 6.07) is 9.69. The van der Waals surface area contributed by atoms with Gasteiger partial charge in [0.1, 0.15) is 0 Å². The molecule has 0 atom stereocenters. The summed E-state index contributed by atoms with van der Waals surface area (Å²) in [5.41, 5.74) is 3.20. The van der Waals surface area contributed by atoms with Crippen LogP contribution in [0.15, 0.2) is 24.3 Å². The van der Waals surface area contributed by atoms with Crippen molar-refractivity contribution in [3.63, 3.8) is 0 Å². The lowest BCUT2D eigenvalue weighted by Gasteiger charge is -2.26. The van der Waals surface area contributed by atoms with Crippen LogP contribution in [0.25, 0.3) is 0 Å². The molecule has 0 unspecified atom stereocenters. The van der Waals surface area contributed by atoms with Crippen molar-refractivity contribution in [2.24, 2.45) is 0 Å². The molecule has 1 aromatic rings. The van der Waals surface area contributed by atoms with Crippen molar-refractivity contribution in [1.82, 2.24) is 5.32 Å². The quantitative estimate of drug-likeness (QED) is 0.757. The monoisotopic (exact) mass is 247 g/mol. The molecule has 18 heavy (non-hydrogen) atoms. The molecule has 1 nitrogen and oxygen atoms in total. The van der Waals surface area contributed by atoms with Gasteiger partial charge in [-0.15, -0.1) is 0 Å². The van der Waals surface area contributed by atoms with Gasteiger partial charge in [-0.1, -0.05) is 65.3 Å². The molecule has 0 aliphatic carbocycles. The van der Waals surface area contributed by atoms with Crippen molar-refractivity contribution in [3.8, 4) is 0 Å². The van der Waals surface area contributed by atoms with Gasteiger partial charge >= 0.3 is 0 Å². The summed E-state index contributed by atoms with van der Waals surface area (Å²) in [6.45, 7) is 12.4. The van der Waals surface area contributed by atoms with Crippen molar-refractivity contribution in [2.45, 2.75) is 65.3 Å². The first-order valence-corrected chi connectivity index (χ1v) is 7.28. The molecule has 1 rings (SSSR count). The van der Waals surface area contributed by atoms with E-state index < -0.39 is 0 Å². The van der Waals surface area contributed by atoms with Gasteiger partial charge in [-0.3, -0.25) is 0 Å². The third-order valence-electron chi connectivity index (χ3n) is 3.55. The van der Waals surface area contributed by atoms with Gasteiger partial charge in [0.05, 0.1) is 0 Å². The predicted octanol–water partition coefficient (Wildman–Crippen LogP) is 4.30. The minimum Gasteiger partial charge on any atom is -0.315 e. The molecule has 0 aliphatic rings. The number of aryl methyl sites for hydroxylation is 1. The Labute approximate surface area is 113 Å². The van der Waals surface area contributed by atoms with Crippen LogP contribution in [0.3, 0.4) is 0 Å². The summed E-state index contributed by atoms with van der Waals surface area (Å²) in [7, 11) is 0. The molecule has 0 radical (unpaired) electrons. The molecule has 1 aromatic carbocycles. The zero-order valence-electron chi connectivity index (χ0n) is 12.7. The lowest BCUT2D eigenvalue weighted by atomic mass is 9.80. The highest BCUT2D eigenvalue weighted by Gasteiger charge is 2.20. The predicted molar refractivity (Wildman–Crippen MR) is 81.2 cm³/mol.